The van der Waals surface area contributed by atoms with Gasteiger partial charge in [0, 0.05) is 18.2 Å². The van der Waals surface area contributed by atoms with Crippen molar-refractivity contribution in [3.63, 3.8) is 0 Å². The second kappa shape index (κ2) is 7.92. The van der Waals surface area contributed by atoms with E-state index in [0.29, 0.717) is 12.1 Å². The average molecular weight is 348 g/mol. The first-order valence-electron chi connectivity index (χ1n) is 7.04. The van der Waals surface area contributed by atoms with Gasteiger partial charge >= 0.3 is 0 Å². The summed E-state index contributed by atoms with van der Waals surface area (Å²) in [7, 11) is -3.77. The lowest BCUT2D eigenvalue weighted by atomic mass is 9.83. The number of sulfonamides is 1. The number of hydrogen-bond acceptors (Lipinski definition) is 4. The van der Waals surface area contributed by atoms with Crippen molar-refractivity contribution in [1.82, 2.24) is 0 Å². The normalized spacial score (nSPS) is 21.7. The number of carbonyl (C=O) groups excluding carboxylic acids is 1. The predicted molar refractivity (Wildman–Crippen MR) is 88.2 cm³/mol. The first-order chi connectivity index (χ1) is 9.86. The molecule has 22 heavy (non-hydrogen) atoms. The minimum absolute atomic E-state index is 0. The highest BCUT2D eigenvalue weighted by atomic mass is 35.5. The van der Waals surface area contributed by atoms with Gasteiger partial charge in [-0.2, -0.15) is 0 Å². The molecule has 2 atom stereocenters. The van der Waals surface area contributed by atoms with Crippen LogP contribution in [0.25, 0.3) is 0 Å². The topological polar surface area (TPSA) is 115 Å². The maximum absolute atomic E-state index is 12.0. The highest BCUT2D eigenvalue weighted by Gasteiger charge is 2.24. The average Bonchev–Trinajstić information content (AvgIpc) is 2.41. The van der Waals surface area contributed by atoms with Crippen molar-refractivity contribution in [3.05, 3.63) is 24.3 Å². The third kappa shape index (κ3) is 5.24. The van der Waals surface area contributed by atoms with Gasteiger partial charge in [0.1, 0.15) is 0 Å². The zero-order chi connectivity index (χ0) is 15.5. The molecule has 0 spiro atoms. The molecule has 0 bridgehead atoms. The van der Waals surface area contributed by atoms with E-state index in [1.54, 1.807) is 12.1 Å². The number of amides is 1. The summed E-state index contributed by atoms with van der Waals surface area (Å²) in [6.45, 7) is 0. The molecule has 1 saturated carbocycles. The van der Waals surface area contributed by atoms with E-state index in [4.69, 9.17) is 10.9 Å². The van der Waals surface area contributed by atoms with Gasteiger partial charge in [0.05, 0.1) is 4.90 Å². The molecule has 1 aliphatic carbocycles. The van der Waals surface area contributed by atoms with E-state index in [9.17, 15) is 13.2 Å². The molecule has 0 saturated heterocycles. The first-order valence-corrected chi connectivity index (χ1v) is 8.59. The third-order valence-corrected chi connectivity index (χ3v) is 4.77. The summed E-state index contributed by atoms with van der Waals surface area (Å²) < 4.78 is 22.6. The Kier molecular flexibility index (Phi) is 6.80. The maximum Gasteiger partial charge on any atom is 0.238 e. The molecule has 1 aromatic carbocycles. The number of primary sulfonamides is 1. The van der Waals surface area contributed by atoms with Gasteiger partial charge in [-0.05, 0) is 37.0 Å². The SMILES string of the molecule is Cl.NC1CCCCC1CC(=O)Nc1cccc(S(N)(=O)=O)c1. The monoisotopic (exact) mass is 347 g/mol. The minimum Gasteiger partial charge on any atom is -0.327 e. The Morgan fingerprint density at radius 3 is 2.59 bits per heavy atom. The molecule has 1 amide bonds. The van der Waals surface area contributed by atoms with Crippen LogP contribution < -0.4 is 16.2 Å². The van der Waals surface area contributed by atoms with Gasteiger partial charge in [0.25, 0.3) is 0 Å². The fourth-order valence-electron chi connectivity index (χ4n) is 2.69. The lowest BCUT2D eigenvalue weighted by Gasteiger charge is -2.27. The third-order valence-electron chi connectivity index (χ3n) is 3.86. The smallest absolute Gasteiger partial charge is 0.238 e. The van der Waals surface area contributed by atoms with Crippen LogP contribution in [0, 0.1) is 5.92 Å². The summed E-state index contributed by atoms with van der Waals surface area (Å²) in [5.74, 6) is 0.0455. The van der Waals surface area contributed by atoms with E-state index in [1.807, 2.05) is 0 Å². The van der Waals surface area contributed by atoms with Crippen molar-refractivity contribution < 1.29 is 13.2 Å². The first kappa shape index (κ1) is 18.9. The second-order valence-corrected chi connectivity index (χ2v) is 7.09. The number of halogens is 1. The molecule has 1 fully saturated rings. The van der Waals surface area contributed by atoms with Gasteiger partial charge in [0.2, 0.25) is 15.9 Å². The van der Waals surface area contributed by atoms with Crippen LogP contribution in [0.2, 0.25) is 0 Å². The van der Waals surface area contributed by atoms with Crippen molar-refractivity contribution in [2.45, 2.75) is 43.0 Å². The highest BCUT2D eigenvalue weighted by Crippen LogP contribution is 2.26. The largest absolute Gasteiger partial charge is 0.327 e. The van der Waals surface area contributed by atoms with Gasteiger partial charge in [0.15, 0.2) is 0 Å². The van der Waals surface area contributed by atoms with E-state index in [2.05, 4.69) is 5.32 Å². The molecular formula is C14H22ClN3O3S. The summed E-state index contributed by atoms with van der Waals surface area (Å²) in [6, 6.07) is 5.99. The molecule has 0 aromatic heterocycles. The Labute approximate surface area is 137 Å². The zero-order valence-electron chi connectivity index (χ0n) is 12.2. The quantitative estimate of drug-likeness (QED) is 0.767. The fourth-order valence-corrected chi connectivity index (χ4v) is 3.25. The Morgan fingerprint density at radius 2 is 1.95 bits per heavy atom. The number of benzene rings is 1. The number of anilines is 1. The molecule has 8 heteroatoms. The van der Waals surface area contributed by atoms with Gasteiger partial charge in [-0.15, -0.1) is 12.4 Å². The van der Waals surface area contributed by atoms with Crippen LogP contribution >= 0.6 is 12.4 Å². The van der Waals surface area contributed by atoms with Crippen LogP contribution in [-0.2, 0) is 14.8 Å². The van der Waals surface area contributed by atoms with E-state index in [1.165, 1.54) is 12.1 Å². The summed E-state index contributed by atoms with van der Waals surface area (Å²) in [6.07, 6.45) is 4.51. The standard InChI is InChI=1S/C14H21N3O3S.ClH/c15-13-7-2-1-4-10(13)8-14(18)17-11-5-3-6-12(9-11)21(16,19)20;/h3,5-6,9-10,13H,1-2,4,7-8,15H2,(H,17,18)(H2,16,19,20);1H. The van der Waals surface area contributed by atoms with Crippen LogP contribution in [0.5, 0.6) is 0 Å². The summed E-state index contributed by atoms with van der Waals surface area (Å²) in [4.78, 5) is 12.0. The molecule has 124 valence electrons. The van der Waals surface area contributed by atoms with Crippen LogP contribution in [0.15, 0.2) is 29.2 Å². The molecular weight excluding hydrogens is 326 g/mol. The number of nitrogens with two attached hydrogens (primary N) is 2. The number of carbonyl (C=O) groups is 1. The van der Waals surface area contributed by atoms with E-state index in [0.717, 1.165) is 25.7 Å². The Morgan fingerprint density at radius 1 is 1.27 bits per heavy atom. The summed E-state index contributed by atoms with van der Waals surface area (Å²) >= 11 is 0. The van der Waals surface area contributed by atoms with E-state index in [-0.39, 0.29) is 35.2 Å². The summed E-state index contributed by atoms with van der Waals surface area (Å²) in [5.41, 5.74) is 6.45. The van der Waals surface area contributed by atoms with Crippen molar-refractivity contribution in [2.24, 2.45) is 16.8 Å². The molecule has 2 unspecified atom stereocenters. The van der Waals surface area contributed by atoms with Crippen molar-refractivity contribution in [3.8, 4) is 0 Å². The van der Waals surface area contributed by atoms with Crippen LogP contribution in [0.3, 0.4) is 0 Å². The second-order valence-electron chi connectivity index (χ2n) is 5.53. The van der Waals surface area contributed by atoms with Gasteiger partial charge in [-0.25, -0.2) is 13.6 Å². The minimum atomic E-state index is -3.77. The Balaban J connectivity index is 0.00000242. The molecule has 6 nitrogen and oxygen atoms in total. The van der Waals surface area contributed by atoms with Gasteiger partial charge in [-0.3, -0.25) is 4.79 Å². The summed E-state index contributed by atoms with van der Waals surface area (Å²) in [5, 5.41) is 7.77. The lowest BCUT2D eigenvalue weighted by Crippen LogP contribution is -2.35. The van der Waals surface area contributed by atoms with Crippen molar-refractivity contribution >= 4 is 34.0 Å². The Bertz CT molecular complexity index is 622. The van der Waals surface area contributed by atoms with E-state index < -0.39 is 10.0 Å². The molecule has 0 radical (unpaired) electrons. The van der Waals surface area contributed by atoms with Gasteiger partial charge in [-0.1, -0.05) is 18.9 Å². The van der Waals surface area contributed by atoms with Crippen LogP contribution in [0.1, 0.15) is 32.1 Å². The van der Waals surface area contributed by atoms with E-state index >= 15 is 0 Å². The molecule has 5 N–H and O–H groups in total. The zero-order valence-corrected chi connectivity index (χ0v) is 13.8. The molecule has 1 aromatic rings. The van der Waals surface area contributed by atoms with Gasteiger partial charge < -0.3 is 11.1 Å². The Hall–Kier alpha value is -1.15. The molecule has 2 rings (SSSR count). The van der Waals surface area contributed by atoms with Crippen molar-refractivity contribution in [1.29, 1.82) is 0 Å². The van der Waals surface area contributed by atoms with Crippen LogP contribution in [-0.4, -0.2) is 20.4 Å². The fraction of sp³-hybridized carbons (Fsp3) is 0.500. The predicted octanol–water partition coefficient (Wildman–Crippen LogP) is 1.60. The molecule has 1 aliphatic rings. The number of rotatable bonds is 4. The number of nitrogens with one attached hydrogen (secondary N) is 1. The molecule has 0 aliphatic heterocycles. The van der Waals surface area contributed by atoms with Crippen LogP contribution in [0.4, 0.5) is 5.69 Å². The molecule has 0 heterocycles. The maximum atomic E-state index is 12.0. The highest BCUT2D eigenvalue weighted by molar-refractivity contribution is 7.89. The van der Waals surface area contributed by atoms with Crippen molar-refractivity contribution in [2.75, 3.05) is 5.32 Å². The number of hydrogen-bond donors (Lipinski definition) is 3. The lowest BCUT2D eigenvalue weighted by molar-refractivity contribution is -0.117.